The Bertz CT molecular complexity index is 1120. The average molecular weight is 444 g/mol. The maximum absolute atomic E-state index is 13.9. The average Bonchev–Trinajstić information content (AvgIpc) is 2.64. The smallest absolute Gasteiger partial charge is 0.261 e. The molecule has 3 aromatic carbocycles. The lowest BCUT2D eigenvalue weighted by Crippen LogP contribution is -2.14. The van der Waals surface area contributed by atoms with Crippen molar-refractivity contribution < 1.29 is 21.9 Å². The van der Waals surface area contributed by atoms with Gasteiger partial charge in [0, 0.05) is 11.6 Å². The molecular weight excluding hydrogens is 431 g/mol. The van der Waals surface area contributed by atoms with Gasteiger partial charge in [-0.15, -0.1) is 0 Å². The van der Waals surface area contributed by atoms with Gasteiger partial charge >= 0.3 is 0 Å². The van der Waals surface area contributed by atoms with Crippen molar-refractivity contribution in [2.45, 2.75) is 4.90 Å². The molecular formula is C19H13Cl2F2NO3S. The van der Waals surface area contributed by atoms with E-state index in [1.165, 1.54) is 31.4 Å². The van der Waals surface area contributed by atoms with Crippen LogP contribution in [0.15, 0.2) is 59.5 Å². The number of anilines is 1. The zero-order chi connectivity index (χ0) is 20.5. The van der Waals surface area contributed by atoms with Crippen LogP contribution in [0.3, 0.4) is 0 Å². The lowest BCUT2D eigenvalue weighted by molar-refractivity contribution is 0.415. The predicted molar refractivity (Wildman–Crippen MR) is 106 cm³/mol. The quantitative estimate of drug-likeness (QED) is 0.546. The highest BCUT2D eigenvalue weighted by molar-refractivity contribution is 7.92. The highest BCUT2D eigenvalue weighted by atomic mass is 35.5. The van der Waals surface area contributed by atoms with Gasteiger partial charge < -0.3 is 4.74 Å². The molecule has 0 aromatic heterocycles. The number of ether oxygens (including phenoxy) is 1. The molecule has 28 heavy (non-hydrogen) atoms. The summed E-state index contributed by atoms with van der Waals surface area (Å²) >= 11 is 12.2. The first-order valence-electron chi connectivity index (χ1n) is 7.83. The zero-order valence-electron chi connectivity index (χ0n) is 14.3. The summed E-state index contributed by atoms with van der Waals surface area (Å²) in [6.45, 7) is 0. The zero-order valence-corrected chi connectivity index (χ0v) is 16.7. The number of hydrogen-bond acceptors (Lipinski definition) is 3. The molecule has 146 valence electrons. The number of methoxy groups -OCH3 is 1. The van der Waals surface area contributed by atoms with Crippen LogP contribution in [0.4, 0.5) is 14.5 Å². The third-order valence-electron chi connectivity index (χ3n) is 3.87. The van der Waals surface area contributed by atoms with Crippen molar-refractivity contribution in [1.82, 2.24) is 0 Å². The number of rotatable bonds is 5. The molecule has 1 N–H and O–H groups in total. The number of nitrogens with one attached hydrogen (secondary N) is 1. The fourth-order valence-corrected chi connectivity index (χ4v) is 4.32. The Labute approximate surface area is 170 Å². The van der Waals surface area contributed by atoms with E-state index < -0.39 is 21.7 Å². The van der Waals surface area contributed by atoms with Gasteiger partial charge in [-0.05, 0) is 35.9 Å². The van der Waals surface area contributed by atoms with Gasteiger partial charge in [-0.3, -0.25) is 4.72 Å². The number of hydrogen-bond donors (Lipinski definition) is 1. The van der Waals surface area contributed by atoms with Crippen LogP contribution in [-0.4, -0.2) is 15.5 Å². The molecule has 0 aliphatic heterocycles. The van der Waals surface area contributed by atoms with E-state index >= 15 is 0 Å². The van der Waals surface area contributed by atoms with Crippen LogP contribution in [-0.2, 0) is 10.0 Å². The van der Waals surface area contributed by atoms with Crippen molar-refractivity contribution in [1.29, 1.82) is 0 Å². The Morgan fingerprint density at radius 1 is 0.929 bits per heavy atom. The summed E-state index contributed by atoms with van der Waals surface area (Å²) < 4.78 is 60.3. The molecule has 0 radical (unpaired) electrons. The van der Waals surface area contributed by atoms with E-state index in [0.717, 1.165) is 12.1 Å². The first-order chi connectivity index (χ1) is 13.2. The standard InChI is InChI=1S/C19H13Cl2F2NO3S/c1-27-19-14(20)7-11(8-15(19)21)13-9-16(22)17(23)10-18(13)24-28(25,26)12-5-3-2-4-6-12/h2-10,24H,1H3. The predicted octanol–water partition coefficient (Wildman–Crippen LogP) is 5.75. The second kappa shape index (κ2) is 7.95. The Balaban J connectivity index is 2.15. The van der Waals surface area contributed by atoms with Gasteiger partial charge in [0.1, 0.15) is 0 Å². The van der Waals surface area contributed by atoms with Gasteiger partial charge in [-0.2, -0.15) is 0 Å². The molecule has 0 aliphatic carbocycles. The van der Waals surface area contributed by atoms with Crippen LogP contribution in [0.25, 0.3) is 11.1 Å². The lowest BCUT2D eigenvalue weighted by Gasteiger charge is -2.15. The Morgan fingerprint density at radius 2 is 1.50 bits per heavy atom. The second-order valence-electron chi connectivity index (χ2n) is 5.70. The van der Waals surface area contributed by atoms with Gasteiger partial charge in [-0.1, -0.05) is 41.4 Å². The number of sulfonamides is 1. The van der Waals surface area contributed by atoms with Crippen LogP contribution < -0.4 is 9.46 Å². The van der Waals surface area contributed by atoms with E-state index in [1.807, 2.05) is 0 Å². The summed E-state index contributed by atoms with van der Waals surface area (Å²) in [7, 11) is -2.66. The van der Waals surface area contributed by atoms with E-state index in [9.17, 15) is 17.2 Å². The lowest BCUT2D eigenvalue weighted by atomic mass is 10.0. The van der Waals surface area contributed by atoms with Crippen molar-refractivity contribution >= 4 is 38.9 Å². The Hall–Kier alpha value is -2.35. The Morgan fingerprint density at radius 3 is 2.07 bits per heavy atom. The molecule has 0 atom stereocenters. The molecule has 9 heteroatoms. The second-order valence-corrected chi connectivity index (χ2v) is 8.20. The van der Waals surface area contributed by atoms with Crippen molar-refractivity contribution in [3.05, 3.63) is 76.3 Å². The van der Waals surface area contributed by atoms with E-state index in [4.69, 9.17) is 27.9 Å². The van der Waals surface area contributed by atoms with Gasteiger partial charge in [0.2, 0.25) is 0 Å². The molecule has 0 unspecified atom stereocenters. The molecule has 0 aliphatic rings. The molecule has 0 spiro atoms. The maximum Gasteiger partial charge on any atom is 0.261 e. The fraction of sp³-hybridized carbons (Fsp3) is 0.0526. The molecule has 4 nitrogen and oxygen atoms in total. The number of halogens is 4. The summed E-state index contributed by atoms with van der Waals surface area (Å²) in [6, 6.07) is 12.0. The van der Waals surface area contributed by atoms with E-state index in [0.29, 0.717) is 0 Å². The highest BCUT2D eigenvalue weighted by Crippen LogP contribution is 2.40. The molecule has 0 fully saturated rings. The van der Waals surface area contributed by atoms with Crippen LogP contribution in [0.5, 0.6) is 5.75 Å². The summed E-state index contributed by atoms with van der Waals surface area (Å²) in [4.78, 5) is -0.0310. The number of benzene rings is 3. The van der Waals surface area contributed by atoms with Crippen molar-refractivity contribution in [3.8, 4) is 16.9 Å². The van der Waals surface area contributed by atoms with Crippen LogP contribution in [0.2, 0.25) is 10.0 Å². The van der Waals surface area contributed by atoms with Crippen LogP contribution in [0.1, 0.15) is 0 Å². The van der Waals surface area contributed by atoms with Crippen molar-refractivity contribution in [3.63, 3.8) is 0 Å². The van der Waals surface area contributed by atoms with Crippen molar-refractivity contribution in [2.75, 3.05) is 11.8 Å². The largest absolute Gasteiger partial charge is 0.494 e. The minimum atomic E-state index is -4.04. The van der Waals surface area contributed by atoms with Gasteiger partial charge in [0.25, 0.3) is 10.0 Å². The van der Waals surface area contributed by atoms with Gasteiger partial charge in [-0.25, -0.2) is 17.2 Å². The topological polar surface area (TPSA) is 55.4 Å². The molecule has 0 heterocycles. The molecule has 0 saturated heterocycles. The summed E-state index contributed by atoms with van der Waals surface area (Å²) in [6.07, 6.45) is 0. The summed E-state index contributed by atoms with van der Waals surface area (Å²) in [5.74, 6) is -2.15. The highest BCUT2D eigenvalue weighted by Gasteiger charge is 2.20. The molecule has 3 aromatic rings. The monoisotopic (exact) mass is 443 g/mol. The maximum atomic E-state index is 13.9. The van der Waals surface area contributed by atoms with E-state index in [-0.39, 0.29) is 37.5 Å². The third-order valence-corrected chi connectivity index (χ3v) is 5.81. The third kappa shape index (κ3) is 4.06. The summed E-state index contributed by atoms with van der Waals surface area (Å²) in [5, 5.41) is 0.262. The van der Waals surface area contributed by atoms with Crippen molar-refractivity contribution in [2.24, 2.45) is 0 Å². The first-order valence-corrected chi connectivity index (χ1v) is 10.1. The summed E-state index contributed by atoms with van der Waals surface area (Å²) in [5.41, 5.74) is 0.172. The first kappa shape index (κ1) is 20.4. The van der Waals surface area contributed by atoms with Gasteiger partial charge in [0.15, 0.2) is 17.4 Å². The van der Waals surface area contributed by atoms with Crippen LogP contribution >= 0.6 is 23.2 Å². The Kier molecular flexibility index (Phi) is 5.79. The molecule has 0 saturated carbocycles. The van der Waals surface area contributed by atoms with E-state index in [1.54, 1.807) is 18.2 Å². The minimum Gasteiger partial charge on any atom is -0.494 e. The molecule has 0 bridgehead atoms. The molecule has 3 rings (SSSR count). The normalized spacial score (nSPS) is 11.3. The molecule has 0 amide bonds. The van der Waals surface area contributed by atoms with E-state index in [2.05, 4.69) is 4.72 Å². The van der Waals surface area contributed by atoms with Crippen LogP contribution in [0, 0.1) is 11.6 Å². The fourth-order valence-electron chi connectivity index (χ4n) is 2.58. The van der Waals surface area contributed by atoms with Gasteiger partial charge in [0.05, 0.1) is 27.7 Å². The minimum absolute atomic E-state index is 0.0310. The SMILES string of the molecule is COc1c(Cl)cc(-c2cc(F)c(F)cc2NS(=O)(=O)c2ccccc2)cc1Cl.